The summed E-state index contributed by atoms with van der Waals surface area (Å²) >= 11 is 0. The molecule has 11 nitrogen and oxygen atoms in total. The van der Waals surface area contributed by atoms with Crippen LogP contribution in [0.1, 0.15) is 41.9 Å². The van der Waals surface area contributed by atoms with Crippen LogP contribution in [-0.4, -0.2) is 42.9 Å². The predicted octanol–water partition coefficient (Wildman–Crippen LogP) is 2.75. The molecule has 0 aliphatic rings. The molecule has 0 spiro atoms. The fourth-order valence-electron chi connectivity index (χ4n) is 3.61. The van der Waals surface area contributed by atoms with Crippen LogP contribution in [0, 0.1) is 29.6 Å². The number of aromatic nitrogens is 5. The number of benzene rings is 1. The molecule has 0 fully saturated rings. The molecular weight excluding hydrogens is 446 g/mol. The second-order valence-corrected chi connectivity index (χ2v) is 7.85. The van der Waals surface area contributed by atoms with Gasteiger partial charge in [-0.15, -0.1) is 0 Å². The summed E-state index contributed by atoms with van der Waals surface area (Å²) in [5.74, 6) is 1.32. The third kappa shape index (κ3) is 4.81. The summed E-state index contributed by atoms with van der Waals surface area (Å²) in [6, 6.07) is 10.9. The topological polar surface area (TPSA) is 171 Å². The van der Waals surface area contributed by atoms with Crippen molar-refractivity contribution in [3.05, 3.63) is 59.3 Å². The first-order chi connectivity index (χ1) is 16.9. The highest BCUT2D eigenvalue weighted by atomic mass is 16.5. The summed E-state index contributed by atoms with van der Waals surface area (Å²) in [5, 5.41) is 35.8. The number of aliphatic hydroxyl groups is 1. The van der Waals surface area contributed by atoms with Crippen molar-refractivity contribution in [3.8, 4) is 29.1 Å². The number of nitriles is 2. The Balaban J connectivity index is 1.80. The first-order valence-electron chi connectivity index (χ1n) is 10.9. The number of nitrogens with one attached hydrogen (secondary N) is 1. The molecule has 35 heavy (non-hydrogen) atoms. The van der Waals surface area contributed by atoms with Crippen LogP contribution in [0.5, 0.6) is 5.75 Å². The SMILES string of the molecule is Cc1ccn2nc([C@H](C)Nc3ncnc(N)c3C#N)nc(-c3cc(C#N)cc(OCCCO)c3)c12. The lowest BCUT2D eigenvalue weighted by atomic mass is 10.1. The maximum atomic E-state index is 9.57. The molecule has 0 saturated heterocycles. The Bertz CT molecular complexity index is 1470. The summed E-state index contributed by atoms with van der Waals surface area (Å²) in [6.45, 7) is 4.14. The second-order valence-electron chi connectivity index (χ2n) is 7.85. The number of rotatable bonds is 8. The van der Waals surface area contributed by atoms with Crippen molar-refractivity contribution in [2.75, 3.05) is 24.3 Å². The minimum atomic E-state index is -0.443. The Hall–Kier alpha value is -4.74. The van der Waals surface area contributed by atoms with Crippen molar-refractivity contribution in [3.63, 3.8) is 0 Å². The molecule has 4 aromatic rings. The van der Waals surface area contributed by atoms with Gasteiger partial charge in [-0.25, -0.2) is 19.5 Å². The number of hydrogen-bond acceptors (Lipinski definition) is 10. The Labute approximate surface area is 201 Å². The third-order valence-electron chi connectivity index (χ3n) is 5.34. The molecule has 4 N–H and O–H groups in total. The number of anilines is 2. The Morgan fingerprint density at radius 2 is 2.06 bits per heavy atom. The average molecular weight is 470 g/mol. The summed E-state index contributed by atoms with van der Waals surface area (Å²) in [6.07, 6.45) is 3.59. The van der Waals surface area contributed by atoms with Crippen LogP contribution in [-0.2, 0) is 0 Å². The minimum absolute atomic E-state index is 0.0143. The van der Waals surface area contributed by atoms with Gasteiger partial charge in [0.15, 0.2) is 5.82 Å². The number of nitrogens with two attached hydrogens (primary N) is 1. The maximum absolute atomic E-state index is 9.57. The van der Waals surface area contributed by atoms with Crippen molar-refractivity contribution in [2.45, 2.75) is 26.3 Å². The molecule has 0 bridgehead atoms. The van der Waals surface area contributed by atoms with Gasteiger partial charge in [0.25, 0.3) is 0 Å². The Morgan fingerprint density at radius 1 is 1.23 bits per heavy atom. The molecule has 4 rings (SSSR count). The molecule has 3 aromatic heterocycles. The largest absolute Gasteiger partial charge is 0.493 e. The van der Waals surface area contributed by atoms with E-state index in [-0.39, 0.29) is 23.8 Å². The van der Waals surface area contributed by atoms with E-state index >= 15 is 0 Å². The Morgan fingerprint density at radius 3 is 2.80 bits per heavy atom. The first kappa shape index (κ1) is 23.4. The van der Waals surface area contributed by atoms with Crippen LogP contribution in [0.4, 0.5) is 11.6 Å². The highest BCUT2D eigenvalue weighted by Gasteiger charge is 2.19. The molecule has 0 unspecified atom stereocenters. The van der Waals surface area contributed by atoms with Crippen LogP contribution in [0.25, 0.3) is 16.8 Å². The lowest BCUT2D eigenvalue weighted by molar-refractivity contribution is 0.233. The lowest BCUT2D eigenvalue weighted by Gasteiger charge is -2.17. The maximum Gasteiger partial charge on any atom is 0.171 e. The quantitative estimate of drug-likeness (QED) is 0.326. The normalized spacial score (nSPS) is 11.6. The Kier molecular flexibility index (Phi) is 6.71. The van der Waals surface area contributed by atoms with Crippen molar-refractivity contribution in [1.29, 1.82) is 10.5 Å². The van der Waals surface area contributed by atoms with Crippen LogP contribution in [0.3, 0.4) is 0 Å². The summed E-state index contributed by atoms with van der Waals surface area (Å²) in [4.78, 5) is 12.8. The predicted molar refractivity (Wildman–Crippen MR) is 128 cm³/mol. The van der Waals surface area contributed by atoms with E-state index in [9.17, 15) is 10.5 Å². The van der Waals surface area contributed by atoms with Crippen LogP contribution in [0.15, 0.2) is 36.8 Å². The number of nitrogen functional groups attached to an aromatic ring is 1. The number of aryl methyl sites for hydroxylation is 1. The summed E-state index contributed by atoms with van der Waals surface area (Å²) in [5.41, 5.74) is 9.44. The van der Waals surface area contributed by atoms with Crippen LogP contribution >= 0.6 is 0 Å². The monoisotopic (exact) mass is 469 g/mol. The molecular formula is C24H23N9O2. The van der Waals surface area contributed by atoms with Gasteiger partial charge >= 0.3 is 0 Å². The van der Waals surface area contributed by atoms with Gasteiger partial charge in [0.1, 0.15) is 35.3 Å². The number of ether oxygens (including phenoxy) is 1. The molecule has 0 radical (unpaired) electrons. The average Bonchev–Trinajstić information content (AvgIpc) is 3.24. The van der Waals surface area contributed by atoms with Gasteiger partial charge < -0.3 is 20.9 Å². The zero-order valence-corrected chi connectivity index (χ0v) is 19.2. The van der Waals surface area contributed by atoms with Crippen molar-refractivity contribution < 1.29 is 9.84 Å². The zero-order valence-electron chi connectivity index (χ0n) is 19.2. The molecule has 1 aromatic carbocycles. The highest BCUT2D eigenvalue weighted by Crippen LogP contribution is 2.31. The van der Waals surface area contributed by atoms with Crippen molar-refractivity contribution in [1.82, 2.24) is 24.6 Å². The van der Waals surface area contributed by atoms with Gasteiger partial charge in [-0.05, 0) is 43.7 Å². The third-order valence-corrected chi connectivity index (χ3v) is 5.34. The minimum Gasteiger partial charge on any atom is -0.493 e. The summed E-state index contributed by atoms with van der Waals surface area (Å²) < 4.78 is 7.47. The molecule has 176 valence electrons. The van der Waals surface area contributed by atoms with Crippen LogP contribution < -0.4 is 15.8 Å². The zero-order chi connectivity index (χ0) is 24.9. The molecule has 0 aliphatic heterocycles. The van der Waals surface area contributed by atoms with E-state index in [2.05, 4.69) is 26.5 Å². The van der Waals surface area contributed by atoms with Gasteiger partial charge in [-0.3, -0.25) is 0 Å². The summed E-state index contributed by atoms with van der Waals surface area (Å²) in [7, 11) is 0. The van der Waals surface area contributed by atoms with Crippen molar-refractivity contribution >= 4 is 17.2 Å². The number of aliphatic hydroxyl groups excluding tert-OH is 1. The number of nitrogens with zero attached hydrogens (tertiary/aromatic N) is 7. The van der Waals surface area contributed by atoms with Crippen molar-refractivity contribution in [2.24, 2.45) is 0 Å². The van der Waals surface area contributed by atoms with Gasteiger partial charge in [-0.1, -0.05) is 0 Å². The molecule has 0 saturated carbocycles. The molecule has 11 heteroatoms. The van der Waals surface area contributed by atoms with Gasteiger partial charge in [0.2, 0.25) is 0 Å². The highest BCUT2D eigenvalue weighted by molar-refractivity contribution is 5.81. The smallest absolute Gasteiger partial charge is 0.171 e. The number of hydrogen-bond donors (Lipinski definition) is 3. The lowest BCUT2D eigenvalue weighted by Crippen LogP contribution is -2.16. The molecule has 0 amide bonds. The van der Waals surface area contributed by atoms with Gasteiger partial charge in [0.05, 0.1) is 35.5 Å². The van der Waals surface area contributed by atoms with E-state index in [1.54, 1.807) is 16.6 Å². The second kappa shape index (κ2) is 10.0. The van der Waals surface area contributed by atoms with E-state index in [1.165, 1.54) is 6.33 Å². The van der Waals surface area contributed by atoms with E-state index in [0.717, 1.165) is 11.1 Å². The van der Waals surface area contributed by atoms with E-state index in [0.29, 0.717) is 41.4 Å². The fraction of sp³-hybridized carbons (Fsp3) is 0.250. The van der Waals surface area contributed by atoms with E-state index < -0.39 is 6.04 Å². The fourth-order valence-corrected chi connectivity index (χ4v) is 3.61. The molecule has 0 aliphatic carbocycles. The van der Waals surface area contributed by atoms with E-state index in [4.69, 9.17) is 20.6 Å². The van der Waals surface area contributed by atoms with Gasteiger partial charge in [-0.2, -0.15) is 15.6 Å². The van der Waals surface area contributed by atoms with Gasteiger partial charge in [0, 0.05) is 24.8 Å². The van der Waals surface area contributed by atoms with Crippen LogP contribution in [0.2, 0.25) is 0 Å². The van der Waals surface area contributed by atoms with E-state index in [1.807, 2.05) is 38.2 Å². The first-order valence-corrected chi connectivity index (χ1v) is 10.9. The molecule has 3 heterocycles. The standard InChI is InChI=1S/C24H23N9O2/c1-14-4-5-33-21(14)20(17-8-16(11-25)9-18(10-17)35-7-3-6-34)31-23(32-33)15(2)30-24-19(12-26)22(27)28-13-29-24/h4-5,8-10,13,15,34H,3,6-7H2,1-2H3,(H3,27,28,29,30)/t15-/m0/s1. The number of fused-ring (bicyclic) bond motifs is 1. The molecule has 1 atom stereocenters.